The molecule has 0 saturated carbocycles. The highest BCUT2D eigenvalue weighted by Crippen LogP contribution is 2.26. The zero-order valence-electron chi connectivity index (χ0n) is 10.6. The van der Waals surface area contributed by atoms with Crippen LogP contribution in [0, 0.1) is 0 Å². The van der Waals surface area contributed by atoms with Crippen molar-refractivity contribution >= 4 is 33.4 Å². The highest BCUT2D eigenvalue weighted by atomic mass is 79.9. The number of benzene rings is 1. The number of rotatable bonds is 1. The van der Waals surface area contributed by atoms with Gasteiger partial charge in [0.2, 0.25) is 0 Å². The van der Waals surface area contributed by atoms with Crippen LogP contribution in [-0.2, 0) is 0 Å². The van der Waals surface area contributed by atoms with E-state index in [4.69, 9.17) is 11.6 Å². The van der Waals surface area contributed by atoms with Crippen molar-refractivity contribution in [3.8, 4) is 0 Å². The van der Waals surface area contributed by atoms with Gasteiger partial charge in [0.05, 0.1) is 10.6 Å². The summed E-state index contributed by atoms with van der Waals surface area (Å²) in [6.45, 7) is 3.81. The highest BCUT2D eigenvalue weighted by Gasteiger charge is 2.33. The van der Waals surface area contributed by atoms with Crippen LogP contribution in [0.3, 0.4) is 0 Å². The first kappa shape index (κ1) is 13.4. The van der Waals surface area contributed by atoms with E-state index in [0.29, 0.717) is 16.6 Å². The maximum Gasteiger partial charge on any atom is 0.255 e. The van der Waals surface area contributed by atoms with E-state index >= 15 is 0 Å². The molecule has 2 aliphatic rings. The molecule has 1 aromatic rings. The van der Waals surface area contributed by atoms with Crippen LogP contribution in [0.15, 0.2) is 22.7 Å². The molecule has 2 heterocycles. The molecule has 0 bridgehead atoms. The largest absolute Gasteiger partial charge is 0.336 e. The minimum atomic E-state index is 0.0536. The van der Waals surface area contributed by atoms with Crippen LogP contribution in [0.25, 0.3) is 0 Å². The van der Waals surface area contributed by atoms with Crippen molar-refractivity contribution in [2.24, 2.45) is 0 Å². The maximum absolute atomic E-state index is 12.6. The van der Waals surface area contributed by atoms with Gasteiger partial charge >= 0.3 is 0 Å². The first-order valence-corrected chi connectivity index (χ1v) is 7.80. The molecule has 5 heteroatoms. The van der Waals surface area contributed by atoms with Crippen molar-refractivity contribution in [1.82, 2.24) is 9.80 Å². The Morgan fingerprint density at radius 1 is 1.32 bits per heavy atom. The van der Waals surface area contributed by atoms with Gasteiger partial charge in [0.15, 0.2) is 0 Å². The third-order valence-electron chi connectivity index (χ3n) is 4.03. The fourth-order valence-corrected chi connectivity index (χ4v) is 3.57. The van der Waals surface area contributed by atoms with Crippen molar-refractivity contribution in [3.63, 3.8) is 0 Å². The van der Waals surface area contributed by atoms with Crippen LogP contribution >= 0.6 is 27.5 Å². The number of carbonyl (C=O) groups excluding carboxylic acids is 1. The summed E-state index contributed by atoms with van der Waals surface area (Å²) in [6.07, 6.45) is 2.46. The van der Waals surface area contributed by atoms with E-state index in [1.165, 1.54) is 19.4 Å². The van der Waals surface area contributed by atoms with Crippen LogP contribution < -0.4 is 0 Å². The number of piperazine rings is 1. The zero-order valence-corrected chi connectivity index (χ0v) is 13.0. The van der Waals surface area contributed by atoms with Gasteiger partial charge < -0.3 is 4.90 Å². The Bertz CT molecular complexity index is 508. The smallest absolute Gasteiger partial charge is 0.255 e. The van der Waals surface area contributed by atoms with Gasteiger partial charge in [-0.3, -0.25) is 9.69 Å². The maximum atomic E-state index is 12.6. The molecule has 0 radical (unpaired) electrons. The fourth-order valence-electron chi connectivity index (χ4n) is 3.01. The van der Waals surface area contributed by atoms with E-state index in [-0.39, 0.29) is 5.91 Å². The third-order valence-corrected chi connectivity index (χ3v) is 4.86. The van der Waals surface area contributed by atoms with Crippen LogP contribution in [0.2, 0.25) is 5.02 Å². The lowest BCUT2D eigenvalue weighted by Crippen LogP contribution is -2.52. The topological polar surface area (TPSA) is 23.6 Å². The molecule has 1 amide bonds. The van der Waals surface area contributed by atoms with E-state index in [0.717, 1.165) is 24.1 Å². The van der Waals surface area contributed by atoms with Crippen LogP contribution in [-0.4, -0.2) is 47.9 Å². The summed E-state index contributed by atoms with van der Waals surface area (Å²) >= 11 is 9.54. The minimum absolute atomic E-state index is 0.0536. The lowest BCUT2D eigenvalue weighted by atomic mass is 10.1. The van der Waals surface area contributed by atoms with Gasteiger partial charge in [0.25, 0.3) is 5.91 Å². The SMILES string of the molecule is O=C(c1cc(Br)ccc1Cl)N1CCN2CCCC2C1. The molecule has 0 aromatic heterocycles. The Morgan fingerprint density at radius 2 is 2.16 bits per heavy atom. The highest BCUT2D eigenvalue weighted by molar-refractivity contribution is 9.10. The molecule has 0 N–H and O–H groups in total. The molecule has 102 valence electrons. The molecular formula is C14H16BrClN2O. The second kappa shape index (κ2) is 5.43. The minimum Gasteiger partial charge on any atom is -0.336 e. The van der Waals surface area contributed by atoms with Crippen LogP contribution in [0.1, 0.15) is 23.2 Å². The normalized spacial score (nSPS) is 23.5. The van der Waals surface area contributed by atoms with Gasteiger partial charge in [-0.25, -0.2) is 0 Å². The van der Waals surface area contributed by atoms with Crippen molar-refractivity contribution in [2.75, 3.05) is 26.2 Å². The summed E-state index contributed by atoms with van der Waals surface area (Å²) in [7, 11) is 0. The second-order valence-corrected chi connectivity index (χ2v) is 6.53. The Hall–Kier alpha value is -0.580. The van der Waals surface area contributed by atoms with Gasteiger partial charge in [-0.2, -0.15) is 0 Å². The molecule has 2 saturated heterocycles. The molecule has 2 fully saturated rings. The molecule has 2 aliphatic heterocycles. The molecule has 0 aliphatic carbocycles. The number of halogens is 2. The summed E-state index contributed by atoms with van der Waals surface area (Å²) in [5.74, 6) is 0.0536. The van der Waals surface area contributed by atoms with Crippen LogP contribution in [0.4, 0.5) is 0 Å². The van der Waals surface area contributed by atoms with Crippen LogP contribution in [0.5, 0.6) is 0 Å². The first-order valence-electron chi connectivity index (χ1n) is 6.63. The monoisotopic (exact) mass is 342 g/mol. The zero-order chi connectivity index (χ0) is 13.4. The molecule has 3 nitrogen and oxygen atoms in total. The summed E-state index contributed by atoms with van der Waals surface area (Å²) in [5, 5.41) is 0.530. The third kappa shape index (κ3) is 2.67. The molecule has 3 rings (SSSR count). The summed E-state index contributed by atoms with van der Waals surface area (Å²) in [6, 6.07) is 5.98. The number of amides is 1. The number of carbonyl (C=O) groups is 1. The summed E-state index contributed by atoms with van der Waals surface area (Å²) < 4.78 is 0.889. The molecule has 1 aromatic carbocycles. The molecular weight excluding hydrogens is 328 g/mol. The van der Waals surface area contributed by atoms with E-state index in [1.54, 1.807) is 6.07 Å². The second-order valence-electron chi connectivity index (χ2n) is 5.21. The number of hydrogen-bond donors (Lipinski definition) is 0. The lowest BCUT2D eigenvalue weighted by molar-refractivity contribution is 0.0571. The fraction of sp³-hybridized carbons (Fsp3) is 0.500. The van der Waals surface area contributed by atoms with Crippen molar-refractivity contribution < 1.29 is 4.79 Å². The van der Waals surface area contributed by atoms with E-state index < -0.39 is 0 Å². The van der Waals surface area contributed by atoms with E-state index in [2.05, 4.69) is 20.8 Å². The summed E-state index contributed by atoms with van der Waals surface area (Å²) in [4.78, 5) is 17.0. The molecule has 1 unspecified atom stereocenters. The predicted molar refractivity (Wildman–Crippen MR) is 79.7 cm³/mol. The van der Waals surface area contributed by atoms with Crippen molar-refractivity contribution in [2.45, 2.75) is 18.9 Å². The molecule has 19 heavy (non-hydrogen) atoms. The van der Waals surface area contributed by atoms with E-state index in [1.807, 2.05) is 17.0 Å². The van der Waals surface area contributed by atoms with Gasteiger partial charge in [-0.1, -0.05) is 27.5 Å². The van der Waals surface area contributed by atoms with Crippen molar-refractivity contribution in [3.05, 3.63) is 33.3 Å². The average molecular weight is 344 g/mol. The quantitative estimate of drug-likeness (QED) is 0.782. The van der Waals surface area contributed by atoms with Gasteiger partial charge in [0.1, 0.15) is 0 Å². The van der Waals surface area contributed by atoms with Crippen molar-refractivity contribution in [1.29, 1.82) is 0 Å². The molecule has 0 spiro atoms. The Balaban J connectivity index is 1.78. The summed E-state index contributed by atoms with van der Waals surface area (Å²) in [5.41, 5.74) is 0.600. The van der Waals surface area contributed by atoms with Gasteiger partial charge in [0, 0.05) is 30.1 Å². The lowest BCUT2D eigenvalue weighted by Gasteiger charge is -2.37. The number of fused-ring (bicyclic) bond motifs is 1. The molecule has 1 atom stereocenters. The number of hydrogen-bond acceptors (Lipinski definition) is 2. The Kier molecular flexibility index (Phi) is 3.83. The Labute approximate surface area is 126 Å². The number of nitrogens with zero attached hydrogens (tertiary/aromatic N) is 2. The van der Waals surface area contributed by atoms with E-state index in [9.17, 15) is 4.79 Å². The predicted octanol–water partition coefficient (Wildman–Crippen LogP) is 3.02. The van der Waals surface area contributed by atoms with Gasteiger partial charge in [-0.05, 0) is 37.6 Å². The Morgan fingerprint density at radius 3 is 3.00 bits per heavy atom. The van der Waals surface area contributed by atoms with Gasteiger partial charge in [-0.15, -0.1) is 0 Å². The standard InChI is InChI=1S/C14H16BrClN2O/c15-10-3-4-13(16)12(8-10)14(19)18-7-6-17-5-1-2-11(17)9-18/h3-4,8,11H,1-2,5-7,9H2. The average Bonchev–Trinajstić information content (AvgIpc) is 2.88. The first-order chi connectivity index (χ1) is 9.15.